The van der Waals surface area contributed by atoms with Crippen molar-refractivity contribution >= 4 is 23.2 Å². The van der Waals surface area contributed by atoms with Gasteiger partial charge in [-0.15, -0.1) is 0 Å². The van der Waals surface area contributed by atoms with Gasteiger partial charge in [0.25, 0.3) is 11.6 Å². The Morgan fingerprint density at radius 2 is 2.00 bits per heavy atom. The topological polar surface area (TPSA) is 101 Å². The van der Waals surface area contributed by atoms with Gasteiger partial charge >= 0.3 is 0 Å². The highest BCUT2D eigenvalue weighted by molar-refractivity contribution is 6.05. The lowest BCUT2D eigenvalue weighted by Gasteiger charge is -2.30. The van der Waals surface area contributed by atoms with Gasteiger partial charge in [0.2, 0.25) is 5.95 Å². The van der Waals surface area contributed by atoms with Crippen molar-refractivity contribution in [1.82, 2.24) is 9.97 Å². The van der Waals surface area contributed by atoms with Crippen LogP contribution in [0.1, 0.15) is 41.4 Å². The van der Waals surface area contributed by atoms with Gasteiger partial charge in [-0.3, -0.25) is 14.9 Å². The summed E-state index contributed by atoms with van der Waals surface area (Å²) in [6.07, 6.45) is 3.74. The molecule has 2 heterocycles. The molecule has 27 heavy (non-hydrogen) atoms. The maximum atomic E-state index is 12.6. The van der Waals surface area contributed by atoms with Gasteiger partial charge in [-0.1, -0.05) is 13.0 Å². The Hall–Kier alpha value is -3.03. The second-order valence-corrected chi connectivity index (χ2v) is 7.05. The van der Waals surface area contributed by atoms with Crippen LogP contribution < -0.4 is 10.2 Å². The summed E-state index contributed by atoms with van der Waals surface area (Å²) in [5.41, 5.74) is 2.02. The van der Waals surface area contributed by atoms with Crippen molar-refractivity contribution in [1.29, 1.82) is 0 Å². The lowest BCUT2D eigenvalue weighted by molar-refractivity contribution is -0.384. The molecular weight excluding hydrogens is 346 g/mol. The Morgan fingerprint density at radius 1 is 1.30 bits per heavy atom. The molecule has 2 aromatic rings. The summed E-state index contributed by atoms with van der Waals surface area (Å²) in [6, 6.07) is 4.37. The normalized spacial score (nSPS) is 14.9. The van der Waals surface area contributed by atoms with E-state index in [4.69, 9.17) is 0 Å². The first-order valence-electron chi connectivity index (χ1n) is 9.00. The van der Waals surface area contributed by atoms with Crippen molar-refractivity contribution in [2.45, 2.75) is 33.6 Å². The molecule has 1 aliphatic rings. The number of rotatable bonds is 4. The zero-order valence-electron chi connectivity index (χ0n) is 15.7. The molecule has 0 aliphatic carbocycles. The summed E-state index contributed by atoms with van der Waals surface area (Å²) in [4.78, 5) is 34.1. The average molecular weight is 369 g/mol. The van der Waals surface area contributed by atoms with E-state index >= 15 is 0 Å². The van der Waals surface area contributed by atoms with E-state index in [1.54, 1.807) is 19.9 Å². The zero-order valence-corrected chi connectivity index (χ0v) is 15.7. The van der Waals surface area contributed by atoms with Crippen LogP contribution in [0.5, 0.6) is 0 Å². The van der Waals surface area contributed by atoms with E-state index < -0.39 is 4.92 Å². The van der Waals surface area contributed by atoms with Crippen LogP contribution in [0.25, 0.3) is 0 Å². The van der Waals surface area contributed by atoms with Gasteiger partial charge < -0.3 is 10.2 Å². The number of anilines is 2. The highest BCUT2D eigenvalue weighted by Crippen LogP contribution is 2.24. The number of nitrogens with zero attached hydrogens (tertiary/aromatic N) is 4. The fourth-order valence-corrected chi connectivity index (χ4v) is 3.09. The monoisotopic (exact) mass is 369 g/mol. The number of carbonyl (C=O) groups excluding carboxylic acids is 1. The standard InChI is InChI=1S/C19H23N5O3/c1-12-6-8-23(9-7-12)19-20-11-16(14(3)21-19)18(25)22-17-10-15(24(26)27)5-4-13(17)2/h4-5,10-12H,6-9H2,1-3H3,(H,22,25). The molecule has 3 rings (SSSR count). The van der Waals surface area contributed by atoms with E-state index in [2.05, 4.69) is 27.1 Å². The first kappa shape index (κ1) is 18.8. The maximum absolute atomic E-state index is 12.6. The van der Waals surface area contributed by atoms with E-state index in [1.807, 2.05) is 0 Å². The second-order valence-electron chi connectivity index (χ2n) is 7.05. The number of non-ortho nitro benzene ring substituents is 1. The van der Waals surface area contributed by atoms with E-state index in [0.29, 0.717) is 28.8 Å². The van der Waals surface area contributed by atoms with Crippen molar-refractivity contribution in [3.05, 3.63) is 51.3 Å². The number of aromatic nitrogens is 2. The number of piperidine rings is 1. The molecule has 1 N–H and O–H groups in total. The highest BCUT2D eigenvalue weighted by Gasteiger charge is 2.20. The summed E-state index contributed by atoms with van der Waals surface area (Å²) in [7, 11) is 0. The Labute approximate surface area is 157 Å². The molecule has 1 aromatic heterocycles. The van der Waals surface area contributed by atoms with Gasteiger partial charge in [0, 0.05) is 31.4 Å². The number of aryl methyl sites for hydroxylation is 2. The Balaban J connectivity index is 1.77. The molecule has 1 amide bonds. The molecule has 1 aromatic carbocycles. The minimum Gasteiger partial charge on any atom is -0.341 e. The van der Waals surface area contributed by atoms with Gasteiger partial charge in [-0.25, -0.2) is 9.97 Å². The maximum Gasteiger partial charge on any atom is 0.271 e. The van der Waals surface area contributed by atoms with Gasteiger partial charge in [0.1, 0.15) is 0 Å². The summed E-state index contributed by atoms with van der Waals surface area (Å²) in [5, 5.41) is 13.7. The lowest BCUT2D eigenvalue weighted by atomic mass is 10.00. The molecular formula is C19H23N5O3. The molecule has 0 saturated carbocycles. The van der Waals surface area contributed by atoms with Crippen LogP contribution >= 0.6 is 0 Å². The first-order chi connectivity index (χ1) is 12.8. The Morgan fingerprint density at radius 3 is 2.63 bits per heavy atom. The van der Waals surface area contributed by atoms with Crippen LogP contribution in [0.4, 0.5) is 17.3 Å². The lowest BCUT2D eigenvalue weighted by Crippen LogP contribution is -2.34. The van der Waals surface area contributed by atoms with Crippen LogP contribution in [0.15, 0.2) is 24.4 Å². The van der Waals surface area contributed by atoms with Crippen molar-refractivity contribution in [3.8, 4) is 0 Å². The number of nitro benzene ring substituents is 1. The van der Waals surface area contributed by atoms with E-state index in [9.17, 15) is 14.9 Å². The molecule has 0 atom stereocenters. The Bertz CT molecular complexity index is 876. The van der Waals surface area contributed by atoms with E-state index in [-0.39, 0.29) is 11.6 Å². The largest absolute Gasteiger partial charge is 0.341 e. The highest BCUT2D eigenvalue weighted by atomic mass is 16.6. The molecule has 0 radical (unpaired) electrons. The quantitative estimate of drug-likeness (QED) is 0.654. The number of hydrogen-bond donors (Lipinski definition) is 1. The molecule has 1 aliphatic heterocycles. The number of nitrogens with one attached hydrogen (secondary N) is 1. The van der Waals surface area contributed by atoms with Crippen LogP contribution in [0.2, 0.25) is 0 Å². The first-order valence-corrected chi connectivity index (χ1v) is 9.00. The molecule has 0 bridgehead atoms. The third-order valence-electron chi connectivity index (χ3n) is 4.96. The number of nitro groups is 1. The smallest absolute Gasteiger partial charge is 0.271 e. The van der Waals surface area contributed by atoms with Gasteiger partial charge in [0.05, 0.1) is 21.9 Å². The predicted octanol–water partition coefficient (Wildman–Crippen LogP) is 3.49. The summed E-state index contributed by atoms with van der Waals surface area (Å²) < 4.78 is 0. The molecule has 8 nitrogen and oxygen atoms in total. The molecule has 0 unspecified atom stereocenters. The van der Waals surface area contributed by atoms with Crippen molar-refractivity contribution in [2.75, 3.05) is 23.3 Å². The average Bonchev–Trinajstić information content (AvgIpc) is 2.63. The molecule has 8 heteroatoms. The van der Waals surface area contributed by atoms with Gasteiger partial charge in [-0.05, 0) is 38.2 Å². The SMILES string of the molecule is Cc1ccc([N+](=O)[O-])cc1NC(=O)c1cnc(N2CCC(C)CC2)nc1C. The minimum absolute atomic E-state index is 0.0708. The summed E-state index contributed by atoms with van der Waals surface area (Å²) in [6.45, 7) is 7.63. The van der Waals surface area contributed by atoms with Crippen LogP contribution in [-0.4, -0.2) is 33.9 Å². The molecule has 1 saturated heterocycles. The fourth-order valence-electron chi connectivity index (χ4n) is 3.09. The minimum atomic E-state index is -0.488. The fraction of sp³-hybridized carbons (Fsp3) is 0.421. The number of benzene rings is 1. The summed E-state index contributed by atoms with van der Waals surface area (Å²) >= 11 is 0. The van der Waals surface area contributed by atoms with Crippen molar-refractivity contribution < 1.29 is 9.72 Å². The van der Waals surface area contributed by atoms with Crippen molar-refractivity contribution in [2.24, 2.45) is 5.92 Å². The van der Waals surface area contributed by atoms with Crippen LogP contribution in [0, 0.1) is 29.9 Å². The van der Waals surface area contributed by atoms with Gasteiger partial charge in [0.15, 0.2) is 0 Å². The third kappa shape index (κ3) is 4.21. The number of carbonyl (C=O) groups is 1. The van der Waals surface area contributed by atoms with Gasteiger partial charge in [-0.2, -0.15) is 0 Å². The molecule has 1 fully saturated rings. The van der Waals surface area contributed by atoms with Crippen LogP contribution in [-0.2, 0) is 0 Å². The number of amides is 1. The van der Waals surface area contributed by atoms with E-state index in [0.717, 1.165) is 31.5 Å². The number of hydrogen-bond acceptors (Lipinski definition) is 6. The van der Waals surface area contributed by atoms with E-state index in [1.165, 1.54) is 18.3 Å². The molecule has 142 valence electrons. The molecule has 0 spiro atoms. The van der Waals surface area contributed by atoms with Crippen molar-refractivity contribution in [3.63, 3.8) is 0 Å². The van der Waals surface area contributed by atoms with Crippen LogP contribution in [0.3, 0.4) is 0 Å². The predicted molar refractivity (Wildman–Crippen MR) is 103 cm³/mol. The summed E-state index contributed by atoms with van der Waals surface area (Å²) in [5.74, 6) is 0.975. The second kappa shape index (κ2) is 7.69. The third-order valence-corrected chi connectivity index (χ3v) is 4.96. The Kier molecular flexibility index (Phi) is 5.34. The zero-order chi connectivity index (χ0) is 19.6.